The normalized spacial score (nSPS) is 13.3. The molecule has 0 unspecified atom stereocenters. The number of nitrogens with zero attached hydrogens (tertiary/aromatic N) is 4. The van der Waals surface area contributed by atoms with Gasteiger partial charge in [0.1, 0.15) is 18.7 Å². The highest BCUT2D eigenvalue weighted by Gasteiger charge is 2.15. The maximum Gasteiger partial charge on any atom is 0.246 e. The van der Waals surface area contributed by atoms with Gasteiger partial charge < -0.3 is 15.0 Å². The molecular formula is C17H17N5O. The molecule has 0 radical (unpaired) electrons. The van der Waals surface area contributed by atoms with Gasteiger partial charge in [-0.1, -0.05) is 18.2 Å². The maximum atomic E-state index is 5.72. The standard InChI is InChI=1S/C17H17N5O/c1-21-9-10-23-16-11-13(7-8-15(16)21)19-17-18-12-22(20-17)14-5-3-2-4-6-14/h2-8,11-12H,9-10H2,1H3,(H,19,20). The van der Waals surface area contributed by atoms with E-state index in [1.165, 1.54) is 0 Å². The van der Waals surface area contributed by atoms with Crippen molar-refractivity contribution in [3.8, 4) is 11.4 Å². The highest BCUT2D eigenvalue weighted by atomic mass is 16.5. The van der Waals surface area contributed by atoms with Crippen molar-refractivity contribution >= 4 is 17.3 Å². The van der Waals surface area contributed by atoms with E-state index in [2.05, 4.69) is 27.3 Å². The minimum absolute atomic E-state index is 0.554. The Balaban J connectivity index is 1.56. The summed E-state index contributed by atoms with van der Waals surface area (Å²) in [6.07, 6.45) is 1.69. The van der Waals surface area contributed by atoms with Gasteiger partial charge >= 0.3 is 0 Å². The summed E-state index contributed by atoms with van der Waals surface area (Å²) in [7, 11) is 2.07. The summed E-state index contributed by atoms with van der Waals surface area (Å²) in [6.45, 7) is 1.61. The Morgan fingerprint density at radius 2 is 2.00 bits per heavy atom. The number of benzene rings is 2. The largest absolute Gasteiger partial charge is 0.489 e. The zero-order valence-electron chi connectivity index (χ0n) is 12.8. The summed E-state index contributed by atoms with van der Waals surface area (Å²) in [5, 5.41) is 7.66. The minimum Gasteiger partial charge on any atom is -0.489 e. The van der Waals surface area contributed by atoms with Crippen LogP contribution in [0.5, 0.6) is 5.75 Å². The predicted molar refractivity (Wildman–Crippen MR) is 89.8 cm³/mol. The van der Waals surface area contributed by atoms with Gasteiger partial charge in [0.2, 0.25) is 5.95 Å². The number of fused-ring (bicyclic) bond motifs is 1. The van der Waals surface area contributed by atoms with Gasteiger partial charge in [0.15, 0.2) is 0 Å². The maximum absolute atomic E-state index is 5.72. The van der Waals surface area contributed by atoms with Gasteiger partial charge in [0, 0.05) is 18.8 Å². The van der Waals surface area contributed by atoms with Crippen molar-refractivity contribution in [1.82, 2.24) is 14.8 Å². The number of hydrogen-bond acceptors (Lipinski definition) is 5. The van der Waals surface area contributed by atoms with Crippen molar-refractivity contribution in [3.63, 3.8) is 0 Å². The SMILES string of the molecule is CN1CCOc2cc(Nc3ncn(-c4ccccc4)n3)ccc21. The molecule has 0 atom stereocenters. The number of hydrogen-bond donors (Lipinski definition) is 1. The molecule has 1 aliphatic heterocycles. The Morgan fingerprint density at radius 1 is 1.13 bits per heavy atom. The molecule has 0 spiro atoms. The lowest BCUT2D eigenvalue weighted by atomic mass is 10.2. The zero-order chi connectivity index (χ0) is 15.6. The van der Waals surface area contributed by atoms with Crippen LogP contribution < -0.4 is 15.0 Å². The van der Waals surface area contributed by atoms with Crippen LogP contribution in [0, 0.1) is 0 Å². The first kappa shape index (κ1) is 13.6. The van der Waals surface area contributed by atoms with Gasteiger partial charge in [0.25, 0.3) is 0 Å². The average molecular weight is 307 g/mol. The van der Waals surface area contributed by atoms with Crippen LogP contribution in [0.1, 0.15) is 0 Å². The molecule has 0 aliphatic carbocycles. The monoisotopic (exact) mass is 307 g/mol. The van der Waals surface area contributed by atoms with E-state index in [-0.39, 0.29) is 0 Å². The molecule has 4 rings (SSSR count). The highest BCUT2D eigenvalue weighted by molar-refractivity contribution is 5.67. The third kappa shape index (κ3) is 2.70. The topological polar surface area (TPSA) is 55.2 Å². The first-order valence-electron chi connectivity index (χ1n) is 7.52. The molecule has 0 fully saturated rings. The molecule has 0 bridgehead atoms. The van der Waals surface area contributed by atoms with E-state index in [1.54, 1.807) is 11.0 Å². The summed E-state index contributed by atoms with van der Waals surface area (Å²) in [5.41, 5.74) is 2.98. The quantitative estimate of drug-likeness (QED) is 0.806. The van der Waals surface area contributed by atoms with Crippen molar-refractivity contribution in [2.75, 3.05) is 30.4 Å². The Bertz CT molecular complexity index is 815. The van der Waals surface area contributed by atoms with Gasteiger partial charge in [-0.15, -0.1) is 5.10 Å². The summed E-state index contributed by atoms with van der Waals surface area (Å²) < 4.78 is 7.46. The van der Waals surface area contributed by atoms with E-state index in [9.17, 15) is 0 Å². The second-order valence-corrected chi connectivity index (χ2v) is 5.43. The number of nitrogens with one attached hydrogen (secondary N) is 1. The molecule has 2 aromatic carbocycles. The van der Waals surface area contributed by atoms with E-state index < -0.39 is 0 Å². The first-order chi connectivity index (χ1) is 11.3. The Labute approximate surface area is 134 Å². The van der Waals surface area contributed by atoms with Gasteiger partial charge in [-0.05, 0) is 24.3 Å². The minimum atomic E-state index is 0.554. The van der Waals surface area contributed by atoms with Crippen LogP contribution in [0.25, 0.3) is 5.69 Å². The van der Waals surface area contributed by atoms with Crippen LogP contribution >= 0.6 is 0 Å². The molecule has 0 saturated carbocycles. The van der Waals surface area contributed by atoms with E-state index in [0.717, 1.165) is 29.4 Å². The number of rotatable bonds is 3. The fourth-order valence-electron chi connectivity index (χ4n) is 2.59. The Morgan fingerprint density at radius 3 is 2.87 bits per heavy atom. The van der Waals surface area contributed by atoms with Crippen LogP contribution in [0.3, 0.4) is 0 Å². The number of ether oxygens (including phenoxy) is 1. The van der Waals surface area contributed by atoms with Gasteiger partial charge in [-0.2, -0.15) is 4.98 Å². The third-order valence-electron chi connectivity index (χ3n) is 3.82. The van der Waals surface area contributed by atoms with Crippen LogP contribution in [0.15, 0.2) is 54.9 Å². The molecule has 23 heavy (non-hydrogen) atoms. The summed E-state index contributed by atoms with van der Waals surface area (Å²) in [6, 6.07) is 15.9. The van der Waals surface area contributed by atoms with Crippen molar-refractivity contribution in [3.05, 3.63) is 54.9 Å². The van der Waals surface area contributed by atoms with Crippen molar-refractivity contribution in [1.29, 1.82) is 0 Å². The summed E-state index contributed by atoms with van der Waals surface area (Å²) in [4.78, 5) is 6.49. The lowest BCUT2D eigenvalue weighted by Gasteiger charge is -2.27. The predicted octanol–water partition coefficient (Wildman–Crippen LogP) is 2.84. The van der Waals surface area contributed by atoms with Gasteiger partial charge in [-0.25, -0.2) is 4.68 Å². The Hall–Kier alpha value is -3.02. The highest BCUT2D eigenvalue weighted by Crippen LogP contribution is 2.33. The molecule has 6 heteroatoms. The molecule has 0 amide bonds. The fourth-order valence-corrected chi connectivity index (χ4v) is 2.59. The van der Waals surface area contributed by atoms with Crippen LogP contribution in [0.4, 0.5) is 17.3 Å². The molecular weight excluding hydrogens is 290 g/mol. The van der Waals surface area contributed by atoms with Crippen LogP contribution in [0.2, 0.25) is 0 Å². The summed E-state index contributed by atoms with van der Waals surface area (Å²) in [5.74, 6) is 1.43. The van der Waals surface area contributed by atoms with E-state index in [1.807, 2.05) is 48.5 Å². The first-order valence-corrected chi connectivity index (χ1v) is 7.52. The molecule has 1 N–H and O–H groups in total. The summed E-state index contributed by atoms with van der Waals surface area (Å²) >= 11 is 0. The molecule has 3 aromatic rings. The van der Waals surface area contributed by atoms with Crippen LogP contribution in [-0.2, 0) is 0 Å². The van der Waals surface area contributed by atoms with Crippen molar-refractivity contribution < 1.29 is 4.74 Å². The second-order valence-electron chi connectivity index (χ2n) is 5.43. The molecule has 1 aromatic heterocycles. The average Bonchev–Trinajstić information content (AvgIpc) is 3.04. The fraction of sp³-hybridized carbons (Fsp3) is 0.176. The third-order valence-corrected chi connectivity index (χ3v) is 3.82. The van der Waals surface area contributed by atoms with E-state index in [0.29, 0.717) is 12.6 Å². The van der Waals surface area contributed by atoms with Gasteiger partial charge in [-0.3, -0.25) is 0 Å². The van der Waals surface area contributed by atoms with Crippen molar-refractivity contribution in [2.24, 2.45) is 0 Å². The molecule has 116 valence electrons. The molecule has 0 saturated heterocycles. The van der Waals surface area contributed by atoms with Crippen LogP contribution in [-0.4, -0.2) is 35.0 Å². The number of likely N-dealkylation sites (N-methyl/N-ethyl adjacent to an activating group) is 1. The van der Waals surface area contributed by atoms with E-state index in [4.69, 9.17) is 4.74 Å². The smallest absolute Gasteiger partial charge is 0.246 e. The number of anilines is 3. The Kier molecular flexibility index (Phi) is 3.34. The number of para-hydroxylation sites is 1. The van der Waals surface area contributed by atoms with Crippen molar-refractivity contribution in [2.45, 2.75) is 0 Å². The van der Waals surface area contributed by atoms with Gasteiger partial charge in [0.05, 0.1) is 17.9 Å². The zero-order valence-corrected chi connectivity index (χ0v) is 12.8. The molecule has 2 heterocycles. The lowest BCUT2D eigenvalue weighted by Crippen LogP contribution is -2.28. The second kappa shape index (κ2) is 5.64. The van der Waals surface area contributed by atoms with E-state index >= 15 is 0 Å². The number of aromatic nitrogens is 3. The molecule has 1 aliphatic rings. The lowest BCUT2D eigenvalue weighted by molar-refractivity contribution is 0.311. The molecule has 6 nitrogen and oxygen atoms in total.